The fraction of sp³-hybridized carbons (Fsp3) is 0.375. The molecule has 6 nitrogen and oxygen atoms in total. The van der Waals surface area contributed by atoms with Gasteiger partial charge in [0.15, 0.2) is 0 Å². The van der Waals surface area contributed by atoms with E-state index < -0.39 is 0 Å². The van der Waals surface area contributed by atoms with Gasteiger partial charge in [-0.05, 0) is 0 Å². The Morgan fingerprint density at radius 2 is 1.67 bits per heavy atom. The van der Waals surface area contributed by atoms with E-state index in [1.165, 1.54) is 11.6 Å². The summed E-state index contributed by atoms with van der Waals surface area (Å²) in [6.07, 6.45) is 0. The van der Waals surface area contributed by atoms with Crippen molar-refractivity contribution in [2.75, 3.05) is 0 Å². The van der Waals surface area contributed by atoms with E-state index in [0.717, 1.165) is 27.3 Å². The standard InChI is InChI=1S/C8H9N4O2.Zn/c1-10-4-9-6-5(10)7(13)12(3)8(14)11(6)2;/h1-3H3;. The van der Waals surface area contributed by atoms with E-state index in [1.807, 2.05) is 0 Å². The Balaban J connectivity index is 3.23. The predicted molar refractivity (Wildman–Crippen MR) is 50.8 cm³/mol. The van der Waals surface area contributed by atoms with Gasteiger partial charge in [0.25, 0.3) is 0 Å². The van der Waals surface area contributed by atoms with Crippen LogP contribution in [0.3, 0.4) is 0 Å². The molecule has 0 aliphatic heterocycles. The topological polar surface area (TPSA) is 61.8 Å². The molecule has 7 heteroatoms. The van der Waals surface area contributed by atoms with Crippen molar-refractivity contribution >= 4 is 15.6 Å². The minimum absolute atomic E-state index is 0.289. The number of imidazole rings is 1. The summed E-state index contributed by atoms with van der Waals surface area (Å²) in [7, 11) is 4.89. The van der Waals surface area contributed by atoms with E-state index in [2.05, 4.69) is 4.98 Å². The Morgan fingerprint density at radius 3 is 2.27 bits per heavy atom. The third-order valence-corrected chi connectivity index (χ3v) is 3.90. The Kier molecular flexibility index (Phi) is 2.15. The molecule has 0 N–H and O–H groups in total. The zero-order chi connectivity index (χ0) is 11.3. The molecule has 0 saturated heterocycles. The summed E-state index contributed by atoms with van der Waals surface area (Å²) in [6.45, 7) is 0. The van der Waals surface area contributed by atoms with E-state index in [0.29, 0.717) is 11.2 Å². The summed E-state index contributed by atoms with van der Waals surface area (Å²) >= 11 is 0.850. The van der Waals surface area contributed by atoms with Crippen molar-refractivity contribution in [1.29, 1.82) is 0 Å². The monoisotopic (exact) mass is 257 g/mol. The van der Waals surface area contributed by atoms with E-state index in [4.69, 9.17) is 0 Å². The van der Waals surface area contributed by atoms with Gasteiger partial charge in [0, 0.05) is 0 Å². The Bertz CT molecular complexity index is 664. The van der Waals surface area contributed by atoms with Gasteiger partial charge >= 0.3 is 94.6 Å². The molecule has 0 bridgehead atoms. The molecule has 0 saturated carbocycles. The number of hydrogen-bond acceptors (Lipinski definition) is 3. The summed E-state index contributed by atoms with van der Waals surface area (Å²) in [5.74, 6) is 0. The first-order valence-electron chi connectivity index (χ1n) is 4.39. The van der Waals surface area contributed by atoms with Gasteiger partial charge in [-0.1, -0.05) is 0 Å². The van der Waals surface area contributed by atoms with E-state index in [-0.39, 0.29) is 11.2 Å². The van der Waals surface area contributed by atoms with Gasteiger partial charge in [-0.15, -0.1) is 0 Å². The van der Waals surface area contributed by atoms with Crippen molar-refractivity contribution in [3.63, 3.8) is 0 Å². The van der Waals surface area contributed by atoms with Crippen molar-refractivity contribution in [2.24, 2.45) is 21.1 Å². The Hall–Kier alpha value is -1.23. The van der Waals surface area contributed by atoms with Crippen molar-refractivity contribution in [1.82, 2.24) is 18.7 Å². The number of rotatable bonds is 0. The van der Waals surface area contributed by atoms with Crippen molar-refractivity contribution in [2.45, 2.75) is 0 Å². The first-order chi connectivity index (χ1) is 6.95. The van der Waals surface area contributed by atoms with Crippen molar-refractivity contribution in [3.05, 3.63) is 20.8 Å². The first kappa shape index (κ1) is 10.3. The van der Waals surface area contributed by atoms with Crippen molar-refractivity contribution in [3.8, 4) is 0 Å². The number of nitrogens with zero attached hydrogens (tertiary/aromatic N) is 4. The molecule has 0 aliphatic rings. The Morgan fingerprint density at radius 1 is 1.07 bits per heavy atom. The summed E-state index contributed by atoms with van der Waals surface area (Å²) < 4.78 is 5.08. The predicted octanol–water partition coefficient (Wildman–Crippen LogP) is -1.86. The molecule has 75 valence electrons. The fourth-order valence-corrected chi connectivity index (χ4v) is 2.21. The summed E-state index contributed by atoms with van der Waals surface area (Å²) in [5, 5.41) is 0. The van der Waals surface area contributed by atoms with E-state index in [1.54, 1.807) is 18.7 Å². The molecule has 2 rings (SSSR count). The molecule has 0 amide bonds. The molecular formula is C8H9N4O2Zn. The molecule has 0 atom stereocenters. The van der Waals surface area contributed by atoms with Crippen LogP contribution in [0, 0.1) is 0 Å². The average molecular weight is 259 g/mol. The Labute approximate surface area is 94.8 Å². The van der Waals surface area contributed by atoms with Crippen LogP contribution in [-0.2, 0) is 39.4 Å². The normalized spacial score (nSPS) is 11.3. The fourth-order valence-electron chi connectivity index (χ4n) is 1.56. The van der Waals surface area contributed by atoms with Crippen LogP contribution in [0.2, 0.25) is 0 Å². The molecule has 2 aromatic rings. The van der Waals surface area contributed by atoms with Gasteiger partial charge in [0.05, 0.1) is 0 Å². The molecule has 0 spiro atoms. The quantitative estimate of drug-likeness (QED) is 0.521. The van der Waals surface area contributed by atoms with Crippen LogP contribution in [0.15, 0.2) is 9.59 Å². The van der Waals surface area contributed by atoms with Gasteiger partial charge in [0.1, 0.15) is 0 Å². The molecule has 2 aromatic heterocycles. The average Bonchev–Trinajstić information content (AvgIpc) is 2.50. The van der Waals surface area contributed by atoms with Gasteiger partial charge in [-0.25, -0.2) is 0 Å². The molecular weight excluding hydrogens is 250 g/mol. The molecule has 0 fully saturated rings. The van der Waals surface area contributed by atoms with Crippen LogP contribution in [-0.4, -0.2) is 18.7 Å². The van der Waals surface area contributed by atoms with Crippen LogP contribution >= 0.6 is 0 Å². The molecule has 2 heterocycles. The number of fused-ring (bicyclic) bond motifs is 1. The SMILES string of the molecule is Cn1c(=O)c2c(n[c]([Zn])n2C)n(C)c1=O. The van der Waals surface area contributed by atoms with Crippen LogP contribution in [0.4, 0.5) is 0 Å². The second-order valence-corrected chi connectivity index (χ2v) is 4.79. The van der Waals surface area contributed by atoms with Crippen molar-refractivity contribution < 1.29 is 18.3 Å². The van der Waals surface area contributed by atoms with E-state index in [9.17, 15) is 9.59 Å². The van der Waals surface area contributed by atoms with Gasteiger partial charge < -0.3 is 0 Å². The zero-order valence-corrected chi connectivity index (χ0v) is 11.8. The molecule has 0 radical (unpaired) electrons. The maximum absolute atomic E-state index is 11.8. The molecule has 15 heavy (non-hydrogen) atoms. The first-order valence-corrected chi connectivity index (χ1v) is 5.88. The van der Waals surface area contributed by atoms with Crippen LogP contribution in [0.25, 0.3) is 11.2 Å². The number of aromatic nitrogens is 4. The number of hydrogen-bond donors (Lipinski definition) is 0. The summed E-state index contributed by atoms with van der Waals surface area (Å²) in [6, 6.07) is 0. The third kappa shape index (κ3) is 1.23. The third-order valence-electron chi connectivity index (χ3n) is 2.57. The molecule has 0 unspecified atom stereocenters. The second kappa shape index (κ2) is 3.13. The summed E-state index contributed by atoms with van der Waals surface area (Å²) in [4.78, 5) is 27.7. The van der Waals surface area contributed by atoms with E-state index >= 15 is 0 Å². The molecule has 0 aromatic carbocycles. The van der Waals surface area contributed by atoms with Crippen LogP contribution in [0.5, 0.6) is 0 Å². The second-order valence-electron chi connectivity index (χ2n) is 3.47. The van der Waals surface area contributed by atoms with Gasteiger partial charge in [0.2, 0.25) is 0 Å². The van der Waals surface area contributed by atoms with Crippen LogP contribution < -0.4 is 15.7 Å². The maximum atomic E-state index is 11.8. The minimum atomic E-state index is -0.342. The molecule has 0 aliphatic carbocycles. The van der Waals surface area contributed by atoms with Gasteiger partial charge in [-0.3, -0.25) is 0 Å². The summed E-state index contributed by atoms with van der Waals surface area (Å²) in [5.41, 5.74) is 0.320. The zero-order valence-electron chi connectivity index (χ0n) is 8.81. The van der Waals surface area contributed by atoms with Crippen LogP contribution in [0.1, 0.15) is 0 Å². The number of aryl methyl sites for hydroxylation is 2. The van der Waals surface area contributed by atoms with Gasteiger partial charge in [-0.2, -0.15) is 0 Å².